The summed E-state index contributed by atoms with van der Waals surface area (Å²) in [6.07, 6.45) is 2.24. The third-order valence-electron chi connectivity index (χ3n) is 6.88. The van der Waals surface area contributed by atoms with Crippen molar-refractivity contribution in [3.05, 3.63) is 76.6 Å². The van der Waals surface area contributed by atoms with Gasteiger partial charge in [0.2, 0.25) is 12.7 Å². The molecule has 0 radical (unpaired) electrons. The molecule has 2 aliphatic heterocycles. The molecule has 7 nitrogen and oxygen atoms in total. The van der Waals surface area contributed by atoms with E-state index in [1.165, 1.54) is 17.7 Å². The first-order chi connectivity index (χ1) is 17.0. The van der Waals surface area contributed by atoms with E-state index in [1.807, 2.05) is 12.1 Å². The summed E-state index contributed by atoms with van der Waals surface area (Å²) in [5.41, 5.74) is 2.80. The zero-order valence-corrected chi connectivity index (χ0v) is 19.0. The molecule has 0 amide bonds. The predicted molar refractivity (Wildman–Crippen MR) is 124 cm³/mol. The van der Waals surface area contributed by atoms with Gasteiger partial charge < -0.3 is 14.4 Å². The Labute approximate surface area is 201 Å². The van der Waals surface area contributed by atoms with Crippen molar-refractivity contribution in [2.45, 2.75) is 25.3 Å². The highest BCUT2D eigenvalue weighted by Gasteiger charge is 2.30. The minimum atomic E-state index is -0.639. The van der Waals surface area contributed by atoms with Crippen LogP contribution in [0.25, 0.3) is 0 Å². The van der Waals surface area contributed by atoms with Gasteiger partial charge in [0.05, 0.1) is 11.3 Å². The van der Waals surface area contributed by atoms with Crippen LogP contribution < -0.4 is 14.4 Å². The highest BCUT2D eigenvalue weighted by molar-refractivity contribution is 5.98. The van der Waals surface area contributed by atoms with Crippen LogP contribution >= 0.6 is 0 Å². The molecule has 1 aliphatic carbocycles. The van der Waals surface area contributed by atoms with Crippen LogP contribution in [0, 0.1) is 11.6 Å². The highest BCUT2D eigenvalue weighted by atomic mass is 19.1. The Morgan fingerprint density at radius 2 is 1.71 bits per heavy atom. The Bertz CT molecular complexity index is 1270. The largest absolute Gasteiger partial charge is 0.454 e. The number of ether oxygens (including phenoxy) is 2. The van der Waals surface area contributed by atoms with Crippen molar-refractivity contribution in [2.24, 2.45) is 0 Å². The highest BCUT2D eigenvalue weighted by Crippen LogP contribution is 2.34. The van der Waals surface area contributed by atoms with Crippen molar-refractivity contribution >= 4 is 11.7 Å². The van der Waals surface area contributed by atoms with E-state index in [2.05, 4.69) is 20.9 Å². The number of hydrogen-bond acceptors (Lipinski definition) is 7. The Balaban J connectivity index is 1.13. The number of halogens is 2. The normalized spacial score (nSPS) is 19.7. The molecule has 0 N–H and O–H groups in total. The van der Waals surface area contributed by atoms with E-state index >= 15 is 0 Å². The maximum Gasteiger partial charge on any atom is 0.231 e. The summed E-state index contributed by atoms with van der Waals surface area (Å²) in [7, 11) is 0. The van der Waals surface area contributed by atoms with Crippen molar-refractivity contribution in [1.29, 1.82) is 0 Å². The van der Waals surface area contributed by atoms with E-state index in [9.17, 15) is 13.6 Å². The van der Waals surface area contributed by atoms with E-state index in [0.717, 1.165) is 50.3 Å². The number of ketones is 1. The van der Waals surface area contributed by atoms with Crippen LogP contribution in [0.4, 0.5) is 14.7 Å². The monoisotopic (exact) mass is 478 g/mol. The molecule has 1 unspecified atom stereocenters. The summed E-state index contributed by atoms with van der Waals surface area (Å²) in [5, 5.41) is 0. The van der Waals surface area contributed by atoms with Gasteiger partial charge in [-0.25, -0.2) is 18.7 Å². The molecule has 0 bridgehead atoms. The maximum absolute atomic E-state index is 13.7. The predicted octanol–water partition coefficient (Wildman–Crippen LogP) is 3.72. The molecule has 2 aromatic carbocycles. The molecule has 1 fully saturated rings. The number of aromatic nitrogens is 2. The van der Waals surface area contributed by atoms with Gasteiger partial charge in [0.1, 0.15) is 11.6 Å². The number of fused-ring (bicyclic) bond motifs is 2. The van der Waals surface area contributed by atoms with Gasteiger partial charge in [0.15, 0.2) is 17.3 Å². The first-order valence-corrected chi connectivity index (χ1v) is 11.7. The average Bonchev–Trinajstić information content (AvgIpc) is 3.31. The number of Topliss-reactive ketones (excluding diaryl/α,β-unsaturated/α-hetero) is 1. The van der Waals surface area contributed by atoms with Crippen LogP contribution in [-0.4, -0.2) is 53.6 Å². The van der Waals surface area contributed by atoms with Crippen LogP contribution in [-0.2, 0) is 13.0 Å². The smallest absolute Gasteiger partial charge is 0.231 e. The average molecular weight is 478 g/mol. The summed E-state index contributed by atoms with van der Waals surface area (Å²) < 4.78 is 38.3. The lowest BCUT2D eigenvalue weighted by atomic mass is 9.82. The van der Waals surface area contributed by atoms with Crippen molar-refractivity contribution in [1.82, 2.24) is 14.9 Å². The fourth-order valence-electron chi connectivity index (χ4n) is 5.04. The van der Waals surface area contributed by atoms with Gasteiger partial charge in [-0.05, 0) is 47.7 Å². The van der Waals surface area contributed by atoms with Crippen molar-refractivity contribution < 1.29 is 23.0 Å². The Morgan fingerprint density at radius 1 is 0.943 bits per heavy atom. The van der Waals surface area contributed by atoms with Crippen LogP contribution in [0.5, 0.6) is 11.5 Å². The first-order valence-electron chi connectivity index (χ1n) is 11.7. The molecule has 3 heterocycles. The quantitative estimate of drug-likeness (QED) is 0.566. The molecule has 1 atom stereocenters. The summed E-state index contributed by atoms with van der Waals surface area (Å²) in [6, 6.07) is 9.47. The summed E-state index contributed by atoms with van der Waals surface area (Å²) >= 11 is 0. The summed E-state index contributed by atoms with van der Waals surface area (Å²) in [4.78, 5) is 26.4. The molecule has 180 valence electrons. The van der Waals surface area contributed by atoms with Gasteiger partial charge >= 0.3 is 0 Å². The number of carbonyl (C=O) groups excluding carboxylic acids is 1. The van der Waals surface area contributed by atoms with E-state index in [4.69, 9.17) is 14.5 Å². The van der Waals surface area contributed by atoms with E-state index in [0.29, 0.717) is 29.2 Å². The maximum atomic E-state index is 13.7. The van der Waals surface area contributed by atoms with Crippen molar-refractivity contribution in [2.75, 3.05) is 37.9 Å². The lowest BCUT2D eigenvalue weighted by molar-refractivity contribution is 0.0962. The van der Waals surface area contributed by atoms with Crippen LogP contribution in [0.15, 0.2) is 42.6 Å². The Hall–Kier alpha value is -3.59. The van der Waals surface area contributed by atoms with Crippen LogP contribution in [0.3, 0.4) is 0 Å². The molecule has 0 spiro atoms. The molecule has 1 saturated heterocycles. The zero-order chi connectivity index (χ0) is 23.9. The summed E-state index contributed by atoms with van der Waals surface area (Å²) in [5.74, 6) is 0.483. The van der Waals surface area contributed by atoms with Gasteiger partial charge in [-0.2, -0.15) is 0 Å². The van der Waals surface area contributed by atoms with Gasteiger partial charge in [-0.3, -0.25) is 9.69 Å². The molecular weight excluding hydrogens is 454 g/mol. The second kappa shape index (κ2) is 8.88. The van der Waals surface area contributed by atoms with E-state index < -0.39 is 11.6 Å². The van der Waals surface area contributed by atoms with E-state index in [1.54, 1.807) is 6.20 Å². The third kappa shape index (κ3) is 4.43. The Kier molecular flexibility index (Phi) is 5.56. The summed E-state index contributed by atoms with van der Waals surface area (Å²) in [6.45, 7) is 4.29. The number of hydrogen-bond donors (Lipinski definition) is 0. The second-order valence-electron chi connectivity index (χ2n) is 9.21. The molecule has 9 heteroatoms. The molecule has 3 aliphatic rings. The minimum absolute atomic E-state index is 0.0963. The van der Waals surface area contributed by atoms with Crippen LogP contribution in [0.1, 0.15) is 39.5 Å². The van der Waals surface area contributed by atoms with Gasteiger partial charge in [0.25, 0.3) is 0 Å². The number of anilines is 1. The molecule has 35 heavy (non-hydrogen) atoms. The molecular formula is C26H24F2N4O3. The fraction of sp³-hybridized carbons (Fsp3) is 0.346. The topological polar surface area (TPSA) is 67.8 Å². The van der Waals surface area contributed by atoms with Crippen LogP contribution in [0.2, 0.25) is 0 Å². The molecule has 1 aromatic heterocycles. The first kappa shape index (κ1) is 21.9. The van der Waals surface area contributed by atoms with Gasteiger partial charge in [0, 0.05) is 51.4 Å². The Morgan fingerprint density at radius 3 is 2.51 bits per heavy atom. The van der Waals surface area contributed by atoms with Crippen molar-refractivity contribution in [3.8, 4) is 11.5 Å². The number of rotatable bonds is 4. The number of piperazine rings is 1. The fourth-order valence-corrected chi connectivity index (χ4v) is 5.04. The zero-order valence-electron chi connectivity index (χ0n) is 19.0. The SMILES string of the molecule is O=C1CC(c2cc(F)cc(F)c2)Cc2nc(N3CCN(Cc4ccc5c(c4)OCO5)CC3)ncc21. The van der Waals surface area contributed by atoms with E-state index in [-0.39, 0.29) is 24.9 Å². The number of carbonyl (C=O) groups is 1. The third-order valence-corrected chi connectivity index (χ3v) is 6.88. The van der Waals surface area contributed by atoms with Crippen molar-refractivity contribution in [3.63, 3.8) is 0 Å². The second-order valence-corrected chi connectivity index (χ2v) is 9.21. The lowest BCUT2D eigenvalue weighted by Crippen LogP contribution is -2.46. The number of nitrogens with zero attached hydrogens (tertiary/aromatic N) is 4. The van der Waals surface area contributed by atoms with Gasteiger partial charge in [-0.1, -0.05) is 6.07 Å². The lowest BCUT2D eigenvalue weighted by Gasteiger charge is -2.35. The standard InChI is InChI=1S/C26H24F2N4O3/c27-19-8-17(9-20(28)12-19)18-10-22-21(23(33)11-18)13-29-26(30-22)32-5-3-31(4-6-32)14-16-1-2-24-25(7-16)35-15-34-24/h1-2,7-9,12-13,18H,3-6,10-11,14-15H2. The molecule has 6 rings (SSSR count). The number of benzene rings is 2. The van der Waals surface area contributed by atoms with Gasteiger partial charge in [-0.15, -0.1) is 0 Å². The minimum Gasteiger partial charge on any atom is -0.454 e. The molecule has 0 saturated carbocycles. The molecule has 3 aromatic rings.